The molecule has 0 saturated carbocycles. The van der Waals surface area contributed by atoms with Gasteiger partial charge >= 0.3 is 0 Å². The Labute approximate surface area is 150 Å². The van der Waals surface area contributed by atoms with E-state index in [1.165, 1.54) is 0 Å². The SMILES string of the molecule is Nc1ccc(Br)cc1C(=O)CC(c1ccccc1)c1ccccc1. The Bertz CT molecular complexity index is 791. The normalized spacial score (nSPS) is 10.8. The van der Waals surface area contributed by atoms with Crippen LogP contribution in [-0.2, 0) is 0 Å². The zero-order chi connectivity index (χ0) is 16.9. The third-order valence-corrected chi connectivity index (χ3v) is 4.60. The van der Waals surface area contributed by atoms with Crippen molar-refractivity contribution in [3.63, 3.8) is 0 Å². The van der Waals surface area contributed by atoms with Crippen LogP contribution in [0.5, 0.6) is 0 Å². The van der Waals surface area contributed by atoms with E-state index in [-0.39, 0.29) is 11.7 Å². The van der Waals surface area contributed by atoms with Crippen LogP contribution in [-0.4, -0.2) is 5.78 Å². The highest BCUT2D eigenvalue weighted by Crippen LogP contribution is 2.30. The molecule has 2 N–H and O–H groups in total. The standard InChI is InChI=1S/C21H18BrNO/c22-17-11-12-20(23)19(13-17)21(24)14-18(15-7-3-1-4-8-15)16-9-5-2-6-10-16/h1-13,18H,14,23H2. The number of ketones is 1. The quantitative estimate of drug-likeness (QED) is 0.473. The predicted molar refractivity (Wildman–Crippen MR) is 102 cm³/mol. The van der Waals surface area contributed by atoms with Crippen LogP contribution in [0.25, 0.3) is 0 Å². The fraction of sp³-hybridized carbons (Fsp3) is 0.0952. The molecule has 2 nitrogen and oxygen atoms in total. The zero-order valence-corrected chi connectivity index (χ0v) is 14.7. The van der Waals surface area contributed by atoms with Gasteiger partial charge in [-0.05, 0) is 29.3 Å². The van der Waals surface area contributed by atoms with E-state index in [0.29, 0.717) is 17.7 Å². The second-order valence-corrected chi connectivity index (χ2v) is 6.65. The van der Waals surface area contributed by atoms with Crippen LogP contribution in [0, 0.1) is 0 Å². The van der Waals surface area contributed by atoms with Gasteiger partial charge in [-0.1, -0.05) is 76.6 Å². The maximum Gasteiger partial charge on any atom is 0.165 e. The van der Waals surface area contributed by atoms with E-state index < -0.39 is 0 Å². The van der Waals surface area contributed by atoms with Gasteiger partial charge < -0.3 is 5.73 Å². The van der Waals surface area contributed by atoms with Crippen molar-refractivity contribution in [2.45, 2.75) is 12.3 Å². The van der Waals surface area contributed by atoms with Crippen LogP contribution < -0.4 is 5.73 Å². The topological polar surface area (TPSA) is 43.1 Å². The first-order valence-electron chi connectivity index (χ1n) is 7.83. The molecule has 3 aromatic rings. The Hall–Kier alpha value is -2.39. The summed E-state index contributed by atoms with van der Waals surface area (Å²) in [6.07, 6.45) is 0.384. The van der Waals surface area contributed by atoms with E-state index >= 15 is 0 Å². The number of hydrogen-bond acceptors (Lipinski definition) is 2. The fourth-order valence-electron chi connectivity index (χ4n) is 2.86. The lowest BCUT2D eigenvalue weighted by Crippen LogP contribution is -2.11. The molecule has 0 saturated heterocycles. The number of carbonyl (C=O) groups excluding carboxylic acids is 1. The molecule has 0 aliphatic rings. The van der Waals surface area contributed by atoms with Crippen molar-refractivity contribution in [2.24, 2.45) is 0 Å². The first-order valence-corrected chi connectivity index (χ1v) is 8.62. The van der Waals surface area contributed by atoms with Gasteiger partial charge in [0.05, 0.1) is 0 Å². The molecular weight excluding hydrogens is 362 g/mol. The van der Waals surface area contributed by atoms with Crippen LogP contribution >= 0.6 is 15.9 Å². The molecular formula is C21H18BrNO. The van der Waals surface area contributed by atoms with Gasteiger partial charge in [0.1, 0.15) is 0 Å². The number of nitrogen functional groups attached to an aromatic ring is 1. The van der Waals surface area contributed by atoms with Gasteiger partial charge in [-0.3, -0.25) is 4.79 Å². The van der Waals surface area contributed by atoms with E-state index in [0.717, 1.165) is 15.6 Å². The molecule has 0 amide bonds. The highest BCUT2D eigenvalue weighted by atomic mass is 79.9. The van der Waals surface area contributed by atoms with E-state index in [1.54, 1.807) is 12.1 Å². The minimum Gasteiger partial charge on any atom is -0.398 e. The second-order valence-electron chi connectivity index (χ2n) is 5.73. The molecule has 0 atom stereocenters. The Kier molecular flexibility index (Phi) is 5.11. The maximum atomic E-state index is 12.9. The average Bonchev–Trinajstić information content (AvgIpc) is 2.63. The Morgan fingerprint density at radius 1 is 0.875 bits per heavy atom. The summed E-state index contributed by atoms with van der Waals surface area (Å²) in [5, 5.41) is 0. The molecule has 120 valence electrons. The van der Waals surface area contributed by atoms with Crippen LogP contribution in [0.4, 0.5) is 5.69 Å². The summed E-state index contributed by atoms with van der Waals surface area (Å²) in [5.41, 5.74) is 9.35. The molecule has 0 fully saturated rings. The van der Waals surface area contributed by atoms with Crippen molar-refractivity contribution in [3.05, 3.63) is 100 Å². The Balaban J connectivity index is 1.95. The Morgan fingerprint density at radius 3 is 1.96 bits per heavy atom. The molecule has 0 heterocycles. The van der Waals surface area contributed by atoms with Gasteiger partial charge in [0.2, 0.25) is 0 Å². The zero-order valence-electron chi connectivity index (χ0n) is 13.2. The van der Waals surface area contributed by atoms with Crippen molar-refractivity contribution in [1.29, 1.82) is 0 Å². The van der Waals surface area contributed by atoms with Gasteiger partial charge in [-0.15, -0.1) is 0 Å². The van der Waals surface area contributed by atoms with E-state index in [4.69, 9.17) is 5.73 Å². The molecule has 3 heteroatoms. The number of halogens is 1. The minimum absolute atomic E-state index is 0.0123. The van der Waals surface area contributed by atoms with Crippen LogP contribution in [0.15, 0.2) is 83.3 Å². The molecule has 0 aromatic heterocycles. The van der Waals surface area contributed by atoms with Gasteiger partial charge in [0.15, 0.2) is 5.78 Å². The van der Waals surface area contributed by atoms with Crippen molar-refractivity contribution >= 4 is 27.4 Å². The molecule has 0 aliphatic heterocycles. The maximum absolute atomic E-state index is 12.9. The number of Topliss-reactive ketones (excluding diaryl/α,β-unsaturated/α-hetero) is 1. The summed E-state index contributed by atoms with van der Waals surface area (Å²) >= 11 is 3.41. The molecule has 0 aliphatic carbocycles. The minimum atomic E-state index is 0.0123. The molecule has 24 heavy (non-hydrogen) atoms. The van der Waals surface area contributed by atoms with Gasteiger partial charge in [0, 0.05) is 28.1 Å². The molecule has 0 spiro atoms. The average molecular weight is 380 g/mol. The van der Waals surface area contributed by atoms with Crippen molar-refractivity contribution in [1.82, 2.24) is 0 Å². The number of rotatable bonds is 5. The van der Waals surface area contributed by atoms with Crippen molar-refractivity contribution in [3.8, 4) is 0 Å². The summed E-state index contributed by atoms with van der Waals surface area (Å²) in [5.74, 6) is 0.0600. The lowest BCUT2D eigenvalue weighted by Gasteiger charge is -2.18. The summed E-state index contributed by atoms with van der Waals surface area (Å²) < 4.78 is 0.857. The van der Waals surface area contributed by atoms with Crippen LogP contribution in [0.2, 0.25) is 0 Å². The highest BCUT2D eigenvalue weighted by Gasteiger charge is 2.20. The van der Waals surface area contributed by atoms with Gasteiger partial charge in [-0.25, -0.2) is 0 Å². The van der Waals surface area contributed by atoms with Gasteiger partial charge in [0.25, 0.3) is 0 Å². The Morgan fingerprint density at radius 2 is 1.42 bits per heavy atom. The third-order valence-electron chi connectivity index (χ3n) is 4.11. The smallest absolute Gasteiger partial charge is 0.165 e. The number of nitrogens with two attached hydrogens (primary N) is 1. The molecule has 3 rings (SSSR count). The molecule has 0 bridgehead atoms. The predicted octanol–water partition coefficient (Wildman–Crippen LogP) is 5.44. The highest BCUT2D eigenvalue weighted by molar-refractivity contribution is 9.10. The van der Waals surface area contributed by atoms with E-state index in [1.807, 2.05) is 42.5 Å². The number of carbonyl (C=O) groups is 1. The molecule has 0 radical (unpaired) electrons. The number of anilines is 1. The second kappa shape index (κ2) is 7.45. The lowest BCUT2D eigenvalue weighted by atomic mass is 9.85. The van der Waals surface area contributed by atoms with Crippen molar-refractivity contribution in [2.75, 3.05) is 5.73 Å². The summed E-state index contributed by atoms with van der Waals surface area (Å²) in [4.78, 5) is 12.9. The summed E-state index contributed by atoms with van der Waals surface area (Å²) in [6.45, 7) is 0. The van der Waals surface area contributed by atoms with Crippen molar-refractivity contribution < 1.29 is 4.79 Å². The summed E-state index contributed by atoms with van der Waals surface area (Å²) in [6, 6.07) is 25.6. The summed E-state index contributed by atoms with van der Waals surface area (Å²) in [7, 11) is 0. The first-order chi connectivity index (χ1) is 11.6. The van der Waals surface area contributed by atoms with Crippen LogP contribution in [0.1, 0.15) is 33.8 Å². The van der Waals surface area contributed by atoms with E-state index in [9.17, 15) is 4.79 Å². The van der Waals surface area contributed by atoms with E-state index in [2.05, 4.69) is 40.2 Å². The largest absolute Gasteiger partial charge is 0.398 e. The monoisotopic (exact) mass is 379 g/mol. The molecule has 0 unspecified atom stereocenters. The first kappa shape index (κ1) is 16.5. The number of hydrogen-bond donors (Lipinski definition) is 1. The van der Waals surface area contributed by atoms with Crippen LogP contribution in [0.3, 0.4) is 0 Å². The lowest BCUT2D eigenvalue weighted by molar-refractivity contribution is 0.0978. The van der Waals surface area contributed by atoms with Gasteiger partial charge in [-0.2, -0.15) is 0 Å². The fourth-order valence-corrected chi connectivity index (χ4v) is 3.23. The molecule has 3 aromatic carbocycles. The third kappa shape index (κ3) is 3.74. The number of benzene rings is 3.